The fourth-order valence-corrected chi connectivity index (χ4v) is 5.74. The summed E-state index contributed by atoms with van der Waals surface area (Å²) in [5.74, 6) is 3.20. The molecule has 1 aliphatic heterocycles. The van der Waals surface area contributed by atoms with Crippen molar-refractivity contribution in [1.29, 1.82) is 0 Å². The molecule has 0 spiro atoms. The first kappa shape index (κ1) is 30.7. The van der Waals surface area contributed by atoms with Crippen LogP contribution >= 0.6 is 22.6 Å². The first-order valence-corrected chi connectivity index (χ1v) is 15.8. The molecule has 0 aliphatic carbocycles. The predicted octanol–water partition coefficient (Wildman–Crippen LogP) is 5.55. The molecule has 3 heterocycles. The highest BCUT2D eigenvalue weighted by atomic mass is 127. The molecular formula is C34H35IN6O2. The van der Waals surface area contributed by atoms with Gasteiger partial charge in [-0.25, -0.2) is 9.97 Å². The summed E-state index contributed by atoms with van der Waals surface area (Å²) in [6.07, 6.45) is 11.3. The molecule has 0 saturated carbocycles. The van der Waals surface area contributed by atoms with Crippen molar-refractivity contribution in [2.45, 2.75) is 42.1 Å². The third kappa shape index (κ3) is 8.02. The van der Waals surface area contributed by atoms with Crippen molar-refractivity contribution in [2.75, 3.05) is 26.3 Å². The molecule has 1 aliphatic rings. The molecule has 43 heavy (non-hydrogen) atoms. The highest BCUT2D eigenvalue weighted by Crippen LogP contribution is 2.31. The number of carbonyl (C=O) groups is 1. The minimum absolute atomic E-state index is 0.186. The Labute approximate surface area is 266 Å². The molecule has 220 valence electrons. The highest BCUT2D eigenvalue weighted by Gasteiger charge is 2.28. The summed E-state index contributed by atoms with van der Waals surface area (Å²) in [5.41, 5.74) is 6.50. The molecule has 0 radical (unpaired) electrons. The van der Waals surface area contributed by atoms with Gasteiger partial charge in [-0.3, -0.25) is 4.79 Å². The second kappa shape index (κ2) is 15.1. The minimum atomic E-state index is -0.212. The molecular weight excluding hydrogens is 651 g/mol. The van der Waals surface area contributed by atoms with Crippen molar-refractivity contribution < 1.29 is 9.53 Å². The van der Waals surface area contributed by atoms with Crippen LogP contribution in [-0.4, -0.2) is 58.4 Å². The van der Waals surface area contributed by atoms with Gasteiger partial charge in [0, 0.05) is 46.0 Å². The number of terminal acetylenes is 1. The topological polar surface area (TPSA) is 102 Å². The van der Waals surface area contributed by atoms with Crippen LogP contribution in [0.5, 0.6) is 0 Å². The van der Waals surface area contributed by atoms with Crippen LogP contribution in [0.3, 0.4) is 0 Å². The number of ether oxygens (including phenoxy) is 1. The summed E-state index contributed by atoms with van der Waals surface area (Å²) < 4.78 is 6.70. The fraction of sp³-hybridized carbons (Fsp3) is 0.324. The Balaban J connectivity index is 1.22. The van der Waals surface area contributed by atoms with Gasteiger partial charge < -0.3 is 15.4 Å². The zero-order valence-corrected chi connectivity index (χ0v) is 26.3. The molecule has 8 nitrogen and oxygen atoms in total. The van der Waals surface area contributed by atoms with Gasteiger partial charge >= 0.3 is 0 Å². The van der Waals surface area contributed by atoms with Crippen LogP contribution in [0.4, 0.5) is 0 Å². The van der Waals surface area contributed by atoms with Crippen LogP contribution in [0.2, 0.25) is 0 Å². The summed E-state index contributed by atoms with van der Waals surface area (Å²) >= 11 is 2.45. The number of hydrogen-bond donors (Lipinski definition) is 2. The first-order chi connectivity index (χ1) is 21.0. The number of carbonyl (C=O) groups excluding carboxylic acids is 1. The number of halogens is 1. The Hall–Kier alpha value is -3.72. The van der Waals surface area contributed by atoms with E-state index < -0.39 is 0 Å². The maximum atomic E-state index is 12.2. The van der Waals surface area contributed by atoms with E-state index in [2.05, 4.69) is 90.5 Å². The molecule has 3 atom stereocenters. The largest absolute Gasteiger partial charge is 0.380 e. The van der Waals surface area contributed by atoms with Crippen LogP contribution in [0.25, 0.3) is 22.8 Å². The molecule has 4 aromatic rings. The second-order valence-corrected chi connectivity index (χ2v) is 12.4. The third-order valence-corrected chi connectivity index (χ3v) is 8.37. The second-order valence-electron chi connectivity index (χ2n) is 10.6. The number of alkyl halides is 1. The van der Waals surface area contributed by atoms with E-state index in [9.17, 15) is 4.79 Å². The van der Waals surface area contributed by atoms with Crippen molar-refractivity contribution in [3.63, 3.8) is 0 Å². The Morgan fingerprint density at radius 1 is 1.14 bits per heavy atom. The number of hydrogen-bond acceptors (Lipinski definition) is 7. The number of nitrogens with zero attached hydrogens (tertiary/aromatic N) is 4. The van der Waals surface area contributed by atoms with E-state index in [1.807, 2.05) is 18.2 Å². The number of benzene rings is 2. The van der Waals surface area contributed by atoms with Gasteiger partial charge in [0.15, 0.2) is 5.82 Å². The number of amides is 1. The molecule has 1 saturated heterocycles. The van der Waals surface area contributed by atoms with Crippen LogP contribution in [0.15, 0.2) is 73.1 Å². The summed E-state index contributed by atoms with van der Waals surface area (Å²) in [6.45, 7) is 4.71. The van der Waals surface area contributed by atoms with E-state index in [1.54, 1.807) is 30.6 Å². The van der Waals surface area contributed by atoms with Crippen molar-refractivity contribution in [2.24, 2.45) is 0 Å². The van der Waals surface area contributed by atoms with Crippen LogP contribution in [-0.2, 0) is 11.2 Å². The molecule has 0 bridgehead atoms. The van der Waals surface area contributed by atoms with Crippen molar-refractivity contribution in [3.8, 4) is 35.1 Å². The smallest absolute Gasteiger partial charge is 0.252 e. The van der Waals surface area contributed by atoms with Gasteiger partial charge in [0.25, 0.3) is 5.91 Å². The Kier molecular flexibility index (Phi) is 10.8. The molecule has 2 aromatic carbocycles. The average molecular weight is 687 g/mol. The molecule has 5 rings (SSSR count). The van der Waals surface area contributed by atoms with E-state index in [1.165, 1.54) is 11.1 Å². The van der Waals surface area contributed by atoms with Gasteiger partial charge in [-0.2, -0.15) is 0 Å². The zero-order valence-electron chi connectivity index (χ0n) is 24.2. The normalized spacial score (nSPS) is 16.9. The fourth-order valence-electron chi connectivity index (χ4n) is 5.32. The lowest BCUT2D eigenvalue weighted by Gasteiger charge is -2.20. The van der Waals surface area contributed by atoms with Gasteiger partial charge in [0.05, 0.1) is 18.8 Å². The number of aromatic nitrogens is 4. The zero-order chi connectivity index (χ0) is 30.0. The van der Waals surface area contributed by atoms with Crippen molar-refractivity contribution >= 4 is 28.5 Å². The van der Waals surface area contributed by atoms with Crippen LogP contribution in [0.1, 0.15) is 56.7 Å². The molecule has 2 aromatic heterocycles. The molecule has 3 unspecified atom stereocenters. The van der Waals surface area contributed by atoms with Crippen molar-refractivity contribution in [3.05, 3.63) is 95.3 Å². The lowest BCUT2D eigenvalue weighted by Crippen LogP contribution is -2.31. The quantitative estimate of drug-likeness (QED) is 0.0872. The monoisotopic (exact) mass is 686 g/mol. The SMILES string of the molecule is C#CCNC(=O)c1ccc(-c2cc(CCCOCC3NCCC3c3ccc(C(C)I)cc3)c(-c3ncccn3)nn2)cc1. The van der Waals surface area contributed by atoms with Gasteiger partial charge in [0.1, 0.15) is 5.69 Å². The maximum Gasteiger partial charge on any atom is 0.252 e. The average Bonchev–Trinajstić information content (AvgIpc) is 3.52. The van der Waals surface area contributed by atoms with E-state index in [-0.39, 0.29) is 12.5 Å². The molecule has 9 heteroatoms. The number of aryl methyl sites for hydroxylation is 1. The lowest BCUT2D eigenvalue weighted by molar-refractivity contribution is 0.0958. The summed E-state index contributed by atoms with van der Waals surface area (Å²) in [6, 6.07) is 20.4. The minimum Gasteiger partial charge on any atom is -0.380 e. The summed E-state index contributed by atoms with van der Waals surface area (Å²) in [4.78, 5) is 21.0. The molecule has 2 N–H and O–H groups in total. The summed E-state index contributed by atoms with van der Waals surface area (Å²) in [5, 5.41) is 15.3. The Morgan fingerprint density at radius 3 is 2.63 bits per heavy atom. The van der Waals surface area contributed by atoms with E-state index in [0.717, 1.165) is 36.9 Å². The Bertz CT molecular complexity index is 1540. The highest BCUT2D eigenvalue weighted by molar-refractivity contribution is 14.1. The van der Waals surface area contributed by atoms with Gasteiger partial charge in [0.2, 0.25) is 0 Å². The van der Waals surface area contributed by atoms with E-state index in [4.69, 9.17) is 11.2 Å². The van der Waals surface area contributed by atoms with Crippen LogP contribution < -0.4 is 10.6 Å². The lowest BCUT2D eigenvalue weighted by atomic mass is 9.91. The van der Waals surface area contributed by atoms with E-state index in [0.29, 0.717) is 51.9 Å². The van der Waals surface area contributed by atoms with Crippen molar-refractivity contribution in [1.82, 2.24) is 30.8 Å². The molecule has 1 fully saturated rings. The number of nitrogens with one attached hydrogen (secondary N) is 2. The third-order valence-electron chi connectivity index (χ3n) is 7.65. The summed E-state index contributed by atoms with van der Waals surface area (Å²) in [7, 11) is 0. The standard InChI is InChI=1S/C34H35IN6O2/c1-3-16-39-34(42)27-13-11-26(12-14-27)30-21-28(32(41-40-30)33-37-17-5-18-38-33)6-4-20-43-22-31-29(15-19-36-31)25-9-7-24(8-10-25)23(2)35/h1,5,7-14,17-18,21,23,29,31,36H,4,6,15-16,19-20,22H2,2H3,(H,39,42). The number of rotatable bonds is 12. The van der Waals surface area contributed by atoms with Gasteiger partial charge in [-0.05, 0) is 73.7 Å². The first-order valence-electron chi connectivity index (χ1n) is 14.5. The Morgan fingerprint density at radius 2 is 1.91 bits per heavy atom. The van der Waals surface area contributed by atoms with Crippen LogP contribution in [0, 0.1) is 12.3 Å². The van der Waals surface area contributed by atoms with Gasteiger partial charge in [-0.15, -0.1) is 16.6 Å². The molecule has 1 amide bonds. The van der Waals surface area contributed by atoms with E-state index >= 15 is 0 Å². The van der Waals surface area contributed by atoms with Gasteiger partial charge in [-0.1, -0.05) is 64.9 Å². The maximum absolute atomic E-state index is 12.2. The predicted molar refractivity (Wildman–Crippen MR) is 177 cm³/mol.